The molecule has 0 unspecified atom stereocenters. The lowest BCUT2D eigenvalue weighted by molar-refractivity contribution is 0.208. The SMILES string of the molecule is NCc1ncc(OC2CCCC2)cn1. The first kappa shape index (κ1) is 9.40. The fourth-order valence-electron chi connectivity index (χ4n) is 1.71. The molecule has 1 aliphatic rings. The molecule has 1 saturated carbocycles. The first-order valence-electron chi connectivity index (χ1n) is 5.06. The molecule has 0 atom stereocenters. The number of ether oxygens (including phenoxy) is 1. The van der Waals surface area contributed by atoms with Gasteiger partial charge < -0.3 is 10.5 Å². The van der Waals surface area contributed by atoms with Gasteiger partial charge in [-0.3, -0.25) is 0 Å². The van der Waals surface area contributed by atoms with Gasteiger partial charge in [0.2, 0.25) is 0 Å². The maximum absolute atomic E-state index is 5.71. The molecule has 1 aromatic rings. The summed E-state index contributed by atoms with van der Waals surface area (Å²) in [6.45, 7) is 0.379. The molecule has 0 spiro atoms. The Morgan fingerprint density at radius 3 is 2.50 bits per heavy atom. The molecule has 2 rings (SSSR count). The van der Waals surface area contributed by atoms with Crippen LogP contribution in [0.4, 0.5) is 0 Å². The van der Waals surface area contributed by atoms with E-state index in [0.717, 1.165) is 18.6 Å². The van der Waals surface area contributed by atoms with E-state index in [9.17, 15) is 0 Å². The third kappa shape index (κ3) is 2.20. The van der Waals surface area contributed by atoms with E-state index in [0.29, 0.717) is 18.5 Å². The summed E-state index contributed by atoms with van der Waals surface area (Å²) in [4.78, 5) is 8.16. The van der Waals surface area contributed by atoms with Crippen molar-refractivity contribution in [3.63, 3.8) is 0 Å². The largest absolute Gasteiger partial charge is 0.487 e. The van der Waals surface area contributed by atoms with Gasteiger partial charge in [-0.15, -0.1) is 0 Å². The highest BCUT2D eigenvalue weighted by Crippen LogP contribution is 2.22. The minimum Gasteiger partial charge on any atom is -0.487 e. The Kier molecular flexibility index (Phi) is 2.93. The Balaban J connectivity index is 1.95. The van der Waals surface area contributed by atoms with Crippen molar-refractivity contribution in [1.82, 2.24) is 9.97 Å². The molecule has 1 fully saturated rings. The van der Waals surface area contributed by atoms with Crippen molar-refractivity contribution >= 4 is 0 Å². The zero-order valence-corrected chi connectivity index (χ0v) is 8.15. The Hall–Kier alpha value is -1.16. The van der Waals surface area contributed by atoms with Crippen LogP contribution in [-0.4, -0.2) is 16.1 Å². The highest BCUT2D eigenvalue weighted by molar-refractivity contribution is 5.12. The van der Waals surface area contributed by atoms with E-state index >= 15 is 0 Å². The molecular weight excluding hydrogens is 178 g/mol. The summed E-state index contributed by atoms with van der Waals surface area (Å²) < 4.78 is 5.71. The van der Waals surface area contributed by atoms with Gasteiger partial charge in [-0.1, -0.05) is 0 Å². The van der Waals surface area contributed by atoms with E-state index in [4.69, 9.17) is 10.5 Å². The third-order valence-corrected chi connectivity index (χ3v) is 2.47. The summed E-state index contributed by atoms with van der Waals surface area (Å²) >= 11 is 0. The summed E-state index contributed by atoms with van der Waals surface area (Å²) in [7, 11) is 0. The average Bonchev–Trinajstić information content (AvgIpc) is 2.72. The van der Waals surface area contributed by atoms with E-state index in [2.05, 4.69) is 9.97 Å². The summed E-state index contributed by atoms with van der Waals surface area (Å²) in [5, 5.41) is 0. The van der Waals surface area contributed by atoms with Crippen molar-refractivity contribution in [2.75, 3.05) is 0 Å². The summed E-state index contributed by atoms with van der Waals surface area (Å²) in [6, 6.07) is 0. The van der Waals surface area contributed by atoms with Gasteiger partial charge in [0.25, 0.3) is 0 Å². The van der Waals surface area contributed by atoms with Gasteiger partial charge in [-0.05, 0) is 25.7 Å². The number of nitrogens with two attached hydrogens (primary N) is 1. The predicted octanol–water partition coefficient (Wildman–Crippen LogP) is 1.26. The Labute approximate surface area is 83.5 Å². The molecule has 0 aliphatic heterocycles. The van der Waals surface area contributed by atoms with Crippen molar-refractivity contribution in [2.45, 2.75) is 38.3 Å². The second-order valence-electron chi connectivity index (χ2n) is 3.56. The molecule has 1 aromatic heterocycles. The zero-order chi connectivity index (χ0) is 9.80. The lowest BCUT2D eigenvalue weighted by Gasteiger charge is -2.11. The van der Waals surface area contributed by atoms with Crippen molar-refractivity contribution in [3.05, 3.63) is 18.2 Å². The molecule has 0 aromatic carbocycles. The number of hydrogen-bond donors (Lipinski definition) is 1. The van der Waals surface area contributed by atoms with Crippen LogP contribution in [0.2, 0.25) is 0 Å². The fraction of sp³-hybridized carbons (Fsp3) is 0.600. The molecule has 1 heterocycles. The zero-order valence-electron chi connectivity index (χ0n) is 8.15. The van der Waals surface area contributed by atoms with Crippen LogP contribution in [0, 0.1) is 0 Å². The van der Waals surface area contributed by atoms with Crippen molar-refractivity contribution in [1.29, 1.82) is 0 Å². The second-order valence-corrected chi connectivity index (χ2v) is 3.56. The quantitative estimate of drug-likeness (QED) is 0.785. The summed E-state index contributed by atoms with van der Waals surface area (Å²) in [6.07, 6.45) is 8.61. The minimum absolute atomic E-state index is 0.363. The van der Waals surface area contributed by atoms with Gasteiger partial charge in [-0.25, -0.2) is 9.97 Å². The molecule has 0 saturated heterocycles. The molecular formula is C10H15N3O. The summed E-state index contributed by atoms with van der Waals surface area (Å²) in [5.74, 6) is 1.41. The van der Waals surface area contributed by atoms with Crippen LogP contribution in [-0.2, 0) is 6.54 Å². The van der Waals surface area contributed by atoms with Crippen LogP contribution in [0.3, 0.4) is 0 Å². The van der Waals surface area contributed by atoms with Crippen LogP contribution >= 0.6 is 0 Å². The molecule has 0 bridgehead atoms. The molecule has 1 aliphatic carbocycles. The number of hydrogen-bond acceptors (Lipinski definition) is 4. The van der Waals surface area contributed by atoms with E-state index < -0.39 is 0 Å². The fourth-order valence-corrected chi connectivity index (χ4v) is 1.71. The molecule has 76 valence electrons. The smallest absolute Gasteiger partial charge is 0.156 e. The minimum atomic E-state index is 0.363. The number of aromatic nitrogens is 2. The number of rotatable bonds is 3. The predicted molar refractivity (Wildman–Crippen MR) is 52.8 cm³/mol. The lowest BCUT2D eigenvalue weighted by atomic mass is 10.3. The molecule has 14 heavy (non-hydrogen) atoms. The van der Waals surface area contributed by atoms with E-state index in [-0.39, 0.29) is 0 Å². The maximum atomic E-state index is 5.71. The Morgan fingerprint density at radius 2 is 1.93 bits per heavy atom. The van der Waals surface area contributed by atoms with Gasteiger partial charge in [0.1, 0.15) is 5.82 Å². The van der Waals surface area contributed by atoms with Crippen molar-refractivity contribution < 1.29 is 4.74 Å². The Bertz CT molecular complexity index is 280. The molecule has 0 amide bonds. The second kappa shape index (κ2) is 4.37. The lowest BCUT2D eigenvalue weighted by Crippen LogP contribution is -2.12. The van der Waals surface area contributed by atoms with Crippen LogP contribution in [0.1, 0.15) is 31.5 Å². The van der Waals surface area contributed by atoms with Gasteiger partial charge in [-0.2, -0.15) is 0 Å². The van der Waals surface area contributed by atoms with Crippen LogP contribution in [0.5, 0.6) is 5.75 Å². The first-order chi connectivity index (χ1) is 6.88. The monoisotopic (exact) mass is 193 g/mol. The summed E-state index contributed by atoms with van der Waals surface area (Å²) in [5.41, 5.74) is 5.40. The third-order valence-electron chi connectivity index (χ3n) is 2.47. The van der Waals surface area contributed by atoms with Gasteiger partial charge >= 0.3 is 0 Å². The van der Waals surface area contributed by atoms with Crippen molar-refractivity contribution in [2.24, 2.45) is 5.73 Å². The highest BCUT2D eigenvalue weighted by atomic mass is 16.5. The molecule has 0 radical (unpaired) electrons. The van der Waals surface area contributed by atoms with Crippen molar-refractivity contribution in [3.8, 4) is 5.75 Å². The van der Waals surface area contributed by atoms with E-state index in [1.165, 1.54) is 12.8 Å². The molecule has 4 nitrogen and oxygen atoms in total. The normalized spacial score (nSPS) is 17.2. The number of nitrogens with zero attached hydrogens (tertiary/aromatic N) is 2. The van der Waals surface area contributed by atoms with Crippen LogP contribution in [0.15, 0.2) is 12.4 Å². The van der Waals surface area contributed by atoms with E-state index in [1.54, 1.807) is 12.4 Å². The average molecular weight is 193 g/mol. The standard InChI is InChI=1S/C10H15N3O/c11-5-10-12-6-9(7-13-10)14-8-3-1-2-4-8/h6-8H,1-5,11H2. The Morgan fingerprint density at radius 1 is 1.29 bits per heavy atom. The first-order valence-corrected chi connectivity index (χ1v) is 5.06. The molecule has 2 N–H and O–H groups in total. The van der Waals surface area contributed by atoms with Gasteiger partial charge in [0, 0.05) is 0 Å². The highest BCUT2D eigenvalue weighted by Gasteiger charge is 2.16. The maximum Gasteiger partial charge on any atom is 0.156 e. The molecule has 4 heteroatoms. The van der Waals surface area contributed by atoms with Gasteiger partial charge in [0.05, 0.1) is 25.0 Å². The van der Waals surface area contributed by atoms with Crippen LogP contribution in [0.25, 0.3) is 0 Å². The van der Waals surface area contributed by atoms with E-state index in [1.807, 2.05) is 0 Å². The van der Waals surface area contributed by atoms with Crippen LogP contribution < -0.4 is 10.5 Å². The van der Waals surface area contributed by atoms with Gasteiger partial charge in [0.15, 0.2) is 5.75 Å². The topological polar surface area (TPSA) is 61.0 Å².